The van der Waals surface area contributed by atoms with Crippen molar-refractivity contribution in [3.05, 3.63) is 24.3 Å². The van der Waals surface area contributed by atoms with Crippen LogP contribution in [0.3, 0.4) is 0 Å². The minimum Gasteiger partial charge on any atom is -0.481 e. The Bertz CT molecular complexity index is 279. The average Bonchev–Trinajstić information content (AvgIpc) is 2.29. The highest BCUT2D eigenvalue weighted by molar-refractivity contribution is 5.66. The average molecular weight is 236 g/mol. The molecule has 0 aromatic rings. The number of aliphatic carboxylic acids is 1. The Balaban J connectivity index is 2.33. The first-order chi connectivity index (χ1) is 8.18. The molecule has 0 bridgehead atoms. The molecule has 0 spiro atoms. The van der Waals surface area contributed by atoms with Crippen LogP contribution in [-0.2, 0) is 4.79 Å². The second-order valence-corrected chi connectivity index (χ2v) is 5.04. The lowest BCUT2D eigenvalue weighted by molar-refractivity contribution is -0.137. The summed E-state index contributed by atoms with van der Waals surface area (Å²) in [5, 5.41) is 8.64. The molecular weight excluding hydrogens is 212 g/mol. The van der Waals surface area contributed by atoms with Crippen molar-refractivity contribution in [3.8, 4) is 0 Å². The summed E-state index contributed by atoms with van der Waals surface area (Å²) in [5.74, 6) is 0.0230. The lowest BCUT2D eigenvalue weighted by Crippen LogP contribution is -2.04. The zero-order valence-corrected chi connectivity index (χ0v) is 10.7. The predicted octanol–water partition coefficient (Wildman–Crippen LogP) is 4.32. The third kappa shape index (κ3) is 6.98. The van der Waals surface area contributed by atoms with Gasteiger partial charge in [0.2, 0.25) is 0 Å². The zero-order chi connectivity index (χ0) is 12.5. The third-order valence-electron chi connectivity index (χ3n) is 3.46. The van der Waals surface area contributed by atoms with E-state index in [-0.39, 0.29) is 0 Å². The van der Waals surface area contributed by atoms with Crippen LogP contribution in [0.4, 0.5) is 0 Å². The monoisotopic (exact) mass is 236 g/mol. The lowest BCUT2D eigenvalue weighted by atomic mass is 9.89. The van der Waals surface area contributed by atoms with Crippen molar-refractivity contribution in [2.24, 2.45) is 5.92 Å². The lowest BCUT2D eigenvalue weighted by Gasteiger charge is -2.17. The topological polar surface area (TPSA) is 37.3 Å². The van der Waals surface area contributed by atoms with Crippen molar-refractivity contribution in [2.75, 3.05) is 0 Å². The molecule has 17 heavy (non-hydrogen) atoms. The molecule has 1 rings (SSSR count). The molecule has 0 amide bonds. The van der Waals surface area contributed by atoms with Crippen molar-refractivity contribution in [1.29, 1.82) is 0 Å². The van der Waals surface area contributed by atoms with Gasteiger partial charge in [-0.3, -0.25) is 4.79 Å². The van der Waals surface area contributed by atoms with Gasteiger partial charge in [0, 0.05) is 6.42 Å². The third-order valence-corrected chi connectivity index (χ3v) is 3.46. The summed E-state index contributed by atoms with van der Waals surface area (Å²) < 4.78 is 0. The van der Waals surface area contributed by atoms with Gasteiger partial charge in [0.15, 0.2) is 0 Å². The van der Waals surface area contributed by atoms with Gasteiger partial charge in [-0.1, -0.05) is 37.1 Å². The van der Waals surface area contributed by atoms with Crippen LogP contribution in [0, 0.1) is 5.92 Å². The first-order valence-electron chi connectivity index (χ1n) is 6.74. The van der Waals surface area contributed by atoms with E-state index in [1.165, 1.54) is 31.3 Å². The molecule has 1 atom stereocenters. The molecule has 1 aliphatic rings. The Morgan fingerprint density at radius 3 is 3.00 bits per heavy atom. The van der Waals surface area contributed by atoms with E-state index in [4.69, 9.17) is 5.11 Å². The first-order valence-corrected chi connectivity index (χ1v) is 6.74. The molecule has 0 saturated heterocycles. The highest BCUT2D eigenvalue weighted by atomic mass is 16.4. The van der Waals surface area contributed by atoms with Crippen molar-refractivity contribution in [1.82, 2.24) is 0 Å². The molecule has 0 aromatic carbocycles. The summed E-state index contributed by atoms with van der Waals surface area (Å²) in [4.78, 5) is 10.5. The summed E-state index contributed by atoms with van der Waals surface area (Å²) in [6, 6.07) is 0. The van der Waals surface area contributed by atoms with E-state index in [2.05, 4.69) is 18.7 Å². The normalized spacial score (nSPS) is 24.2. The van der Waals surface area contributed by atoms with Gasteiger partial charge in [0.25, 0.3) is 0 Å². The van der Waals surface area contributed by atoms with Crippen LogP contribution in [0.15, 0.2) is 24.3 Å². The van der Waals surface area contributed by atoms with E-state index in [0.29, 0.717) is 12.3 Å². The number of carbonyl (C=O) groups is 1. The number of carboxylic acids is 1. The summed E-state index contributed by atoms with van der Waals surface area (Å²) in [7, 11) is 0. The van der Waals surface area contributed by atoms with Gasteiger partial charge in [0.05, 0.1) is 0 Å². The van der Waals surface area contributed by atoms with Crippen LogP contribution in [0.2, 0.25) is 0 Å². The van der Waals surface area contributed by atoms with E-state index >= 15 is 0 Å². The Kier molecular flexibility index (Phi) is 6.68. The Morgan fingerprint density at radius 1 is 1.41 bits per heavy atom. The van der Waals surface area contributed by atoms with Gasteiger partial charge < -0.3 is 5.11 Å². The van der Waals surface area contributed by atoms with Crippen molar-refractivity contribution < 1.29 is 9.90 Å². The molecule has 1 aliphatic carbocycles. The second kappa shape index (κ2) is 8.10. The molecule has 0 heterocycles. The van der Waals surface area contributed by atoms with Gasteiger partial charge >= 0.3 is 5.97 Å². The zero-order valence-electron chi connectivity index (χ0n) is 10.7. The molecule has 96 valence electrons. The Morgan fingerprint density at radius 2 is 2.24 bits per heavy atom. The fraction of sp³-hybridized carbons (Fsp3) is 0.667. The standard InChI is InChI=1S/C15H24O2/c1-13-7-4-2-3-5-8-14(12-11-13)9-6-10-15(16)17/h4,7,14H,1-3,5-6,8-12H2,(H,16,17)/b7-4-. The highest BCUT2D eigenvalue weighted by Crippen LogP contribution is 2.25. The highest BCUT2D eigenvalue weighted by Gasteiger charge is 2.10. The molecular formula is C15H24O2. The maximum absolute atomic E-state index is 10.5. The summed E-state index contributed by atoms with van der Waals surface area (Å²) in [6.07, 6.45) is 13.7. The Hall–Kier alpha value is -1.05. The summed E-state index contributed by atoms with van der Waals surface area (Å²) in [5.41, 5.74) is 1.22. The molecule has 1 N–H and O–H groups in total. The number of carboxylic acid groups (broad SMARTS) is 1. The quantitative estimate of drug-likeness (QED) is 0.789. The van der Waals surface area contributed by atoms with Crippen LogP contribution in [-0.4, -0.2) is 11.1 Å². The number of rotatable bonds is 4. The van der Waals surface area contributed by atoms with Crippen LogP contribution in [0.5, 0.6) is 0 Å². The van der Waals surface area contributed by atoms with Crippen LogP contribution in [0.25, 0.3) is 0 Å². The van der Waals surface area contributed by atoms with E-state index in [1.807, 2.05) is 0 Å². The molecule has 0 radical (unpaired) electrons. The van der Waals surface area contributed by atoms with Crippen LogP contribution in [0.1, 0.15) is 57.8 Å². The van der Waals surface area contributed by atoms with E-state index in [0.717, 1.165) is 25.7 Å². The maximum Gasteiger partial charge on any atom is 0.303 e. The summed E-state index contributed by atoms with van der Waals surface area (Å²) >= 11 is 0. The minimum absolute atomic E-state index is 0.317. The number of hydrogen-bond acceptors (Lipinski definition) is 1. The molecule has 0 aromatic heterocycles. The molecule has 2 heteroatoms. The number of hydrogen-bond donors (Lipinski definition) is 1. The number of allylic oxidation sites excluding steroid dienone is 3. The minimum atomic E-state index is -0.669. The van der Waals surface area contributed by atoms with Gasteiger partial charge in [-0.25, -0.2) is 0 Å². The molecule has 0 saturated carbocycles. The maximum atomic E-state index is 10.5. The van der Waals surface area contributed by atoms with Crippen molar-refractivity contribution >= 4 is 5.97 Å². The van der Waals surface area contributed by atoms with E-state index < -0.39 is 5.97 Å². The predicted molar refractivity (Wildman–Crippen MR) is 71.0 cm³/mol. The fourth-order valence-corrected chi connectivity index (χ4v) is 2.39. The van der Waals surface area contributed by atoms with Gasteiger partial charge in [-0.15, -0.1) is 0 Å². The van der Waals surface area contributed by atoms with Crippen LogP contribution < -0.4 is 0 Å². The smallest absolute Gasteiger partial charge is 0.303 e. The van der Waals surface area contributed by atoms with Gasteiger partial charge in [-0.2, -0.15) is 0 Å². The fourth-order valence-electron chi connectivity index (χ4n) is 2.39. The van der Waals surface area contributed by atoms with Crippen molar-refractivity contribution in [2.45, 2.75) is 57.8 Å². The molecule has 0 fully saturated rings. The second-order valence-electron chi connectivity index (χ2n) is 5.04. The van der Waals surface area contributed by atoms with E-state index in [9.17, 15) is 4.79 Å². The van der Waals surface area contributed by atoms with Gasteiger partial charge in [-0.05, 0) is 44.4 Å². The first kappa shape index (κ1) is 14.0. The van der Waals surface area contributed by atoms with Crippen LogP contribution >= 0.6 is 0 Å². The largest absolute Gasteiger partial charge is 0.481 e. The Labute approximate surface area is 104 Å². The van der Waals surface area contributed by atoms with Gasteiger partial charge in [0.1, 0.15) is 0 Å². The SMILES string of the molecule is C=C1/C=C\CCCCC(CCCC(=O)O)CC1. The molecule has 1 unspecified atom stereocenters. The van der Waals surface area contributed by atoms with Crippen molar-refractivity contribution in [3.63, 3.8) is 0 Å². The van der Waals surface area contributed by atoms with E-state index in [1.54, 1.807) is 0 Å². The molecule has 0 aliphatic heterocycles. The molecule has 2 nitrogen and oxygen atoms in total. The summed E-state index contributed by atoms with van der Waals surface area (Å²) in [6.45, 7) is 4.05.